The minimum absolute atomic E-state index is 0.0979. The molecule has 8 heteroatoms. The number of benzene rings is 2. The zero-order valence-corrected chi connectivity index (χ0v) is 14.4. The summed E-state index contributed by atoms with van der Waals surface area (Å²) in [5.41, 5.74) is -0.397. The minimum atomic E-state index is -0.783. The van der Waals surface area contributed by atoms with E-state index in [9.17, 15) is 19.7 Å². The van der Waals surface area contributed by atoms with Crippen molar-refractivity contribution in [2.45, 2.75) is 13.3 Å². The van der Waals surface area contributed by atoms with Gasteiger partial charge in [-0.05, 0) is 36.8 Å². The number of carbonyl (C=O) groups is 1. The number of non-ortho nitro benzene ring substituents is 1. The summed E-state index contributed by atoms with van der Waals surface area (Å²) in [5, 5.41) is 13.8. The molecule has 3 aromatic rings. The van der Waals surface area contributed by atoms with Gasteiger partial charge in [-0.2, -0.15) is 0 Å². The molecule has 2 aromatic carbocycles. The highest BCUT2D eigenvalue weighted by molar-refractivity contribution is 6.05. The van der Waals surface area contributed by atoms with E-state index < -0.39 is 16.5 Å². The maximum absolute atomic E-state index is 12.4. The van der Waals surface area contributed by atoms with Gasteiger partial charge in [0.1, 0.15) is 16.9 Å². The van der Waals surface area contributed by atoms with Gasteiger partial charge >= 0.3 is 5.63 Å². The Balaban J connectivity index is 1.84. The van der Waals surface area contributed by atoms with Gasteiger partial charge in [0.2, 0.25) is 0 Å². The Morgan fingerprint density at radius 3 is 2.59 bits per heavy atom. The van der Waals surface area contributed by atoms with Crippen molar-refractivity contribution in [2.24, 2.45) is 0 Å². The number of ether oxygens (including phenoxy) is 1. The number of anilines is 1. The van der Waals surface area contributed by atoms with E-state index in [0.717, 1.165) is 6.42 Å². The molecule has 0 aliphatic carbocycles. The molecule has 8 nitrogen and oxygen atoms in total. The number of nitro benzene ring substituents is 1. The van der Waals surface area contributed by atoms with Crippen LogP contribution in [0.15, 0.2) is 57.7 Å². The fourth-order valence-corrected chi connectivity index (χ4v) is 2.42. The van der Waals surface area contributed by atoms with E-state index in [1.807, 2.05) is 6.92 Å². The zero-order chi connectivity index (χ0) is 19.4. The molecule has 0 spiro atoms. The van der Waals surface area contributed by atoms with Crippen molar-refractivity contribution >= 4 is 28.3 Å². The molecule has 1 heterocycles. The van der Waals surface area contributed by atoms with Crippen LogP contribution in [0.1, 0.15) is 23.7 Å². The Kier molecular flexibility index (Phi) is 5.16. The first-order chi connectivity index (χ1) is 13.0. The highest BCUT2D eigenvalue weighted by Gasteiger charge is 2.15. The highest BCUT2D eigenvalue weighted by atomic mass is 16.6. The third kappa shape index (κ3) is 4.12. The Labute approximate surface area is 153 Å². The Bertz CT molecular complexity index is 1060. The molecule has 0 aliphatic heterocycles. The lowest BCUT2D eigenvalue weighted by atomic mass is 10.1. The summed E-state index contributed by atoms with van der Waals surface area (Å²) in [5.74, 6) is -0.0820. The Morgan fingerprint density at radius 2 is 1.93 bits per heavy atom. The van der Waals surface area contributed by atoms with Gasteiger partial charge in [-0.25, -0.2) is 4.79 Å². The van der Waals surface area contributed by atoms with Crippen molar-refractivity contribution in [2.75, 3.05) is 11.9 Å². The van der Waals surface area contributed by atoms with Gasteiger partial charge in [-0.3, -0.25) is 14.9 Å². The van der Waals surface area contributed by atoms with Crippen molar-refractivity contribution in [3.63, 3.8) is 0 Å². The molecule has 1 N–H and O–H groups in total. The minimum Gasteiger partial charge on any atom is -0.493 e. The number of carbonyl (C=O) groups excluding carboxylic acids is 1. The largest absolute Gasteiger partial charge is 0.493 e. The molecule has 0 saturated carbocycles. The van der Waals surface area contributed by atoms with E-state index in [2.05, 4.69) is 5.32 Å². The first kappa shape index (κ1) is 18.1. The van der Waals surface area contributed by atoms with Crippen LogP contribution in [0.3, 0.4) is 0 Å². The number of hydrogen-bond donors (Lipinski definition) is 1. The van der Waals surface area contributed by atoms with Crippen LogP contribution in [0.4, 0.5) is 11.4 Å². The lowest BCUT2D eigenvalue weighted by Gasteiger charge is -2.07. The molecule has 0 unspecified atom stereocenters. The van der Waals surface area contributed by atoms with Gasteiger partial charge in [-0.15, -0.1) is 0 Å². The third-order valence-corrected chi connectivity index (χ3v) is 3.76. The molecule has 0 radical (unpaired) electrons. The molecular weight excluding hydrogens is 352 g/mol. The number of amides is 1. The second-order valence-electron chi connectivity index (χ2n) is 5.75. The standard InChI is InChI=1S/C19H16N2O6/c1-2-9-26-15-8-3-12-10-16(19(23)27-17(12)11-15)18(22)20-13-4-6-14(7-5-13)21(24)25/h3-8,10-11H,2,9H2,1H3,(H,20,22). The topological polar surface area (TPSA) is 112 Å². The van der Waals surface area contributed by atoms with Gasteiger partial charge in [0.25, 0.3) is 11.6 Å². The zero-order valence-electron chi connectivity index (χ0n) is 14.4. The van der Waals surface area contributed by atoms with Crippen molar-refractivity contribution in [3.05, 3.63) is 74.6 Å². The summed E-state index contributed by atoms with van der Waals surface area (Å²) in [6.45, 7) is 2.53. The molecule has 0 saturated heterocycles. The SMILES string of the molecule is CCCOc1ccc2cc(C(=O)Nc3ccc([N+](=O)[O-])cc3)c(=O)oc2c1. The van der Waals surface area contributed by atoms with Crippen LogP contribution in [0.25, 0.3) is 11.0 Å². The van der Waals surface area contributed by atoms with E-state index in [1.165, 1.54) is 30.3 Å². The van der Waals surface area contributed by atoms with Crippen LogP contribution in [0.5, 0.6) is 5.75 Å². The molecule has 0 aliphatic rings. The maximum Gasteiger partial charge on any atom is 0.349 e. The number of fused-ring (bicyclic) bond motifs is 1. The first-order valence-corrected chi connectivity index (χ1v) is 8.24. The molecular formula is C19H16N2O6. The van der Waals surface area contributed by atoms with Crippen LogP contribution >= 0.6 is 0 Å². The number of nitrogens with one attached hydrogen (secondary N) is 1. The van der Waals surface area contributed by atoms with E-state index in [1.54, 1.807) is 18.2 Å². The van der Waals surface area contributed by atoms with Gasteiger partial charge in [0.05, 0.1) is 11.5 Å². The average Bonchev–Trinajstić information content (AvgIpc) is 2.66. The molecule has 3 rings (SSSR count). The molecule has 138 valence electrons. The first-order valence-electron chi connectivity index (χ1n) is 8.24. The predicted molar refractivity (Wildman–Crippen MR) is 99.3 cm³/mol. The molecule has 0 bridgehead atoms. The molecule has 0 atom stereocenters. The van der Waals surface area contributed by atoms with Gasteiger partial charge in [0.15, 0.2) is 0 Å². The summed E-state index contributed by atoms with van der Waals surface area (Å²) >= 11 is 0. The average molecular weight is 368 g/mol. The molecule has 1 aromatic heterocycles. The smallest absolute Gasteiger partial charge is 0.349 e. The number of nitrogens with zero attached hydrogens (tertiary/aromatic N) is 1. The fraction of sp³-hybridized carbons (Fsp3) is 0.158. The summed E-state index contributed by atoms with van der Waals surface area (Å²) in [4.78, 5) is 34.7. The van der Waals surface area contributed by atoms with Crippen LogP contribution in [0.2, 0.25) is 0 Å². The summed E-state index contributed by atoms with van der Waals surface area (Å²) in [7, 11) is 0. The Morgan fingerprint density at radius 1 is 1.19 bits per heavy atom. The lowest BCUT2D eigenvalue weighted by molar-refractivity contribution is -0.384. The van der Waals surface area contributed by atoms with Crippen molar-refractivity contribution in [1.29, 1.82) is 0 Å². The lowest BCUT2D eigenvalue weighted by Crippen LogP contribution is -2.20. The normalized spacial score (nSPS) is 10.6. The number of rotatable bonds is 6. The number of nitro groups is 1. The van der Waals surface area contributed by atoms with E-state index in [0.29, 0.717) is 29.0 Å². The summed E-state index contributed by atoms with van der Waals surface area (Å²) < 4.78 is 10.7. The summed E-state index contributed by atoms with van der Waals surface area (Å²) in [6, 6.07) is 11.8. The molecule has 27 heavy (non-hydrogen) atoms. The van der Waals surface area contributed by atoms with Gasteiger partial charge in [-0.1, -0.05) is 6.92 Å². The highest BCUT2D eigenvalue weighted by Crippen LogP contribution is 2.21. The van der Waals surface area contributed by atoms with Crippen LogP contribution in [0, 0.1) is 10.1 Å². The van der Waals surface area contributed by atoms with Crippen LogP contribution in [-0.2, 0) is 0 Å². The van der Waals surface area contributed by atoms with Crippen molar-refractivity contribution in [3.8, 4) is 5.75 Å². The predicted octanol–water partition coefficient (Wildman–Crippen LogP) is 3.74. The van der Waals surface area contributed by atoms with Crippen molar-refractivity contribution < 1.29 is 18.9 Å². The fourth-order valence-electron chi connectivity index (χ4n) is 2.42. The second kappa shape index (κ2) is 7.69. The monoisotopic (exact) mass is 368 g/mol. The van der Waals surface area contributed by atoms with Crippen LogP contribution < -0.4 is 15.7 Å². The molecule has 0 fully saturated rings. The van der Waals surface area contributed by atoms with Crippen molar-refractivity contribution in [1.82, 2.24) is 0 Å². The summed E-state index contributed by atoms with van der Waals surface area (Å²) in [6.07, 6.45) is 0.851. The van der Waals surface area contributed by atoms with E-state index in [-0.39, 0.29) is 11.3 Å². The van der Waals surface area contributed by atoms with Crippen LogP contribution in [-0.4, -0.2) is 17.4 Å². The molecule has 1 amide bonds. The van der Waals surface area contributed by atoms with E-state index >= 15 is 0 Å². The van der Waals surface area contributed by atoms with E-state index in [4.69, 9.17) is 9.15 Å². The van der Waals surface area contributed by atoms with Gasteiger partial charge < -0.3 is 14.5 Å². The quantitative estimate of drug-likeness (QED) is 0.403. The van der Waals surface area contributed by atoms with Gasteiger partial charge in [0, 0.05) is 29.3 Å². The number of hydrogen-bond acceptors (Lipinski definition) is 6. The third-order valence-electron chi connectivity index (χ3n) is 3.76. The maximum atomic E-state index is 12.4. The Hall–Kier alpha value is -3.68. The second-order valence-corrected chi connectivity index (χ2v) is 5.75.